The Bertz CT molecular complexity index is 1680. The zero-order valence-corrected chi connectivity index (χ0v) is 24.1. The fourth-order valence-electron chi connectivity index (χ4n) is 5.18. The molecule has 0 aliphatic heterocycles. The van der Waals surface area contributed by atoms with Gasteiger partial charge in [-0.2, -0.15) is 0 Å². The predicted octanol–water partition coefficient (Wildman–Crippen LogP) is 7.03. The number of hydrogen-bond acceptors (Lipinski definition) is 9. The summed E-state index contributed by atoms with van der Waals surface area (Å²) in [5, 5.41) is 9.40. The Balaban J connectivity index is 1.73. The fraction of sp³-hybridized carbons (Fsp3) is 0.161. The maximum Gasteiger partial charge on any atom is 0.196 e. The number of nitrogens with one attached hydrogen (secondary N) is 1. The normalized spacial score (nSPS) is 17.7. The van der Waals surface area contributed by atoms with Gasteiger partial charge in [-0.25, -0.2) is 0 Å². The van der Waals surface area contributed by atoms with Gasteiger partial charge in [-0.1, -0.05) is 48.6 Å². The van der Waals surface area contributed by atoms with E-state index in [2.05, 4.69) is 5.32 Å². The summed E-state index contributed by atoms with van der Waals surface area (Å²) in [5.41, 5.74) is 11.6. The van der Waals surface area contributed by atoms with Crippen molar-refractivity contribution >= 4 is 52.6 Å². The van der Waals surface area contributed by atoms with Crippen molar-refractivity contribution in [2.45, 2.75) is 37.3 Å². The topological polar surface area (TPSA) is 128 Å². The third-order valence-electron chi connectivity index (χ3n) is 7.13. The lowest BCUT2D eigenvalue weighted by atomic mass is 9.82. The Morgan fingerprint density at radius 3 is 2.30 bits per heavy atom. The molecule has 0 saturated heterocycles. The van der Waals surface area contributed by atoms with Crippen LogP contribution in [0.5, 0.6) is 5.75 Å². The number of ketones is 2. The molecule has 0 aromatic heterocycles. The lowest BCUT2D eigenvalue weighted by molar-refractivity contribution is 0.0980. The number of carbonyl (C=O) groups excluding carboxylic acids is 2. The van der Waals surface area contributed by atoms with Crippen molar-refractivity contribution in [2.75, 3.05) is 11.1 Å². The zero-order chi connectivity index (χ0) is 28.8. The number of nitrogen functional groups attached to an aromatic ring is 1. The van der Waals surface area contributed by atoms with Crippen molar-refractivity contribution in [3.63, 3.8) is 0 Å². The number of anilines is 3. The number of nitrogens with two attached hydrogens (primary N) is 2. The molecule has 2 aliphatic carbocycles. The highest BCUT2D eigenvalue weighted by atomic mass is 32.2. The summed E-state index contributed by atoms with van der Waals surface area (Å²) < 4.78 is 15.4. The average molecular weight is 572 g/mol. The van der Waals surface area contributed by atoms with Crippen LogP contribution in [0.3, 0.4) is 0 Å². The Labute approximate surface area is 241 Å². The molecule has 3 aromatic rings. The molecule has 0 amide bonds. The minimum absolute atomic E-state index is 0.0637. The minimum atomic E-state index is -0.736. The van der Waals surface area contributed by atoms with Crippen LogP contribution in [0, 0.1) is 20.8 Å². The molecule has 0 bridgehead atoms. The molecule has 7 nitrogen and oxygen atoms in total. The van der Waals surface area contributed by atoms with Gasteiger partial charge >= 0.3 is 0 Å². The second-order valence-electron chi connectivity index (χ2n) is 10.0. The van der Waals surface area contributed by atoms with E-state index in [0.717, 1.165) is 39.2 Å². The number of benzene rings is 3. The summed E-state index contributed by atoms with van der Waals surface area (Å²) in [7, 11) is 0. The van der Waals surface area contributed by atoms with Gasteiger partial charge < -0.3 is 20.3 Å². The maximum atomic E-state index is 13.9. The summed E-state index contributed by atoms with van der Waals surface area (Å²) in [6.45, 7) is 7.76. The van der Waals surface area contributed by atoms with Crippen LogP contribution in [0.1, 0.15) is 55.5 Å². The van der Waals surface area contributed by atoms with E-state index < -0.39 is 4.75 Å². The van der Waals surface area contributed by atoms with Gasteiger partial charge in [-0.05, 0) is 68.5 Å². The number of carbonyl (C=O) groups is 2. The van der Waals surface area contributed by atoms with Crippen LogP contribution in [0.15, 0.2) is 77.4 Å². The van der Waals surface area contributed by atoms with Crippen LogP contribution < -0.4 is 20.9 Å². The average Bonchev–Trinajstić information content (AvgIpc) is 3.12. The molecule has 2 aliphatic rings. The van der Waals surface area contributed by atoms with Crippen LogP contribution in [-0.2, 0) is 0 Å². The van der Waals surface area contributed by atoms with Crippen LogP contribution in [0.2, 0.25) is 0 Å². The van der Waals surface area contributed by atoms with Crippen molar-refractivity contribution in [1.82, 2.24) is 0 Å². The van der Waals surface area contributed by atoms with E-state index >= 15 is 0 Å². The molecule has 0 heterocycles. The second-order valence-corrected chi connectivity index (χ2v) is 11.7. The Morgan fingerprint density at radius 1 is 0.975 bits per heavy atom. The van der Waals surface area contributed by atoms with Gasteiger partial charge in [0.15, 0.2) is 17.3 Å². The third kappa shape index (κ3) is 4.75. The highest BCUT2D eigenvalue weighted by molar-refractivity contribution is 7.97. The first-order valence-corrected chi connectivity index (χ1v) is 14.2. The lowest BCUT2D eigenvalue weighted by Crippen LogP contribution is -2.24. The van der Waals surface area contributed by atoms with Gasteiger partial charge in [-0.15, -0.1) is 0 Å². The first-order chi connectivity index (χ1) is 19.1. The number of ether oxygens (including phenoxy) is 1. The number of fused-ring (bicyclic) bond motifs is 2. The number of rotatable bonds is 6. The molecule has 3 aromatic carbocycles. The van der Waals surface area contributed by atoms with Gasteiger partial charge in [0.2, 0.25) is 0 Å². The first kappa shape index (κ1) is 27.8. The predicted molar refractivity (Wildman–Crippen MR) is 164 cm³/mol. The minimum Gasteiger partial charge on any atom is -0.455 e. The molecule has 0 spiro atoms. The fourth-order valence-corrected chi connectivity index (χ4v) is 6.01. The smallest absolute Gasteiger partial charge is 0.196 e. The van der Waals surface area contributed by atoms with E-state index in [1.54, 1.807) is 48.6 Å². The third-order valence-corrected chi connectivity index (χ3v) is 8.64. The molecule has 0 fully saturated rings. The van der Waals surface area contributed by atoms with Crippen LogP contribution in [0.25, 0.3) is 0 Å². The monoisotopic (exact) mass is 571 g/mol. The van der Waals surface area contributed by atoms with Crippen molar-refractivity contribution in [2.24, 2.45) is 5.14 Å². The highest BCUT2D eigenvalue weighted by Crippen LogP contribution is 2.44. The molecule has 40 heavy (non-hydrogen) atoms. The molecule has 1 atom stereocenters. The molecular formula is C31H29N3O4S2. The largest absolute Gasteiger partial charge is 0.455 e. The molecule has 9 heteroatoms. The van der Waals surface area contributed by atoms with E-state index in [1.807, 2.05) is 45.9 Å². The van der Waals surface area contributed by atoms with Gasteiger partial charge in [0.1, 0.15) is 5.76 Å². The molecule has 5 rings (SSSR count). The molecule has 0 saturated carbocycles. The number of hydrogen-bond donors (Lipinski definition) is 4. The van der Waals surface area contributed by atoms with E-state index in [0.29, 0.717) is 34.6 Å². The standard InChI is InChI=1S/C31H29N3O4S2/c1-16-13-17(2)30(39-33)18(3)27(16)34-22-14-23(38-19-9-7-8-12-31(4,15-19)40-37)26(32)25-24(22)28(35)20-10-5-6-11-21(20)29(25)36/h5-15,34,37H,32-33H2,1-4H3. The molecule has 0 radical (unpaired) electrons. The maximum absolute atomic E-state index is 13.9. The van der Waals surface area contributed by atoms with Crippen molar-refractivity contribution in [1.29, 1.82) is 0 Å². The number of aryl methyl sites for hydroxylation is 2. The van der Waals surface area contributed by atoms with Crippen molar-refractivity contribution in [3.8, 4) is 5.75 Å². The van der Waals surface area contributed by atoms with Crippen LogP contribution >= 0.6 is 24.0 Å². The van der Waals surface area contributed by atoms with Crippen LogP contribution in [-0.4, -0.2) is 20.9 Å². The van der Waals surface area contributed by atoms with E-state index in [-0.39, 0.29) is 34.1 Å². The summed E-state index contributed by atoms with van der Waals surface area (Å²) in [4.78, 5) is 28.6. The summed E-state index contributed by atoms with van der Waals surface area (Å²) >= 11 is 1.83. The summed E-state index contributed by atoms with van der Waals surface area (Å²) in [6, 6.07) is 10.4. The summed E-state index contributed by atoms with van der Waals surface area (Å²) in [6.07, 6.45) is 8.93. The lowest BCUT2D eigenvalue weighted by Gasteiger charge is -2.26. The van der Waals surface area contributed by atoms with Gasteiger partial charge in [0.05, 0.1) is 27.2 Å². The van der Waals surface area contributed by atoms with Crippen molar-refractivity contribution in [3.05, 3.63) is 111 Å². The SMILES string of the molecule is Cc1cc(C)c(SN)c(C)c1Nc1cc(OC2=CC(C)(SO)C=CC=C2)c(N)c2c1C(=O)c1ccccc1C2=O. The molecule has 1 unspecified atom stereocenters. The highest BCUT2D eigenvalue weighted by Gasteiger charge is 2.35. The Kier molecular flexibility index (Phi) is 7.41. The second kappa shape index (κ2) is 10.7. The van der Waals surface area contributed by atoms with Crippen LogP contribution in [0.4, 0.5) is 17.1 Å². The molecule has 204 valence electrons. The summed E-state index contributed by atoms with van der Waals surface area (Å²) in [5.74, 6) is -0.0229. The zero-order valence-electron chi connectivity index (χ0n) is 22.5. The number of allylic oxidation sites excluding steroid dienone is 3. The van der Waals surface area contributed by atoms with Crippen molar-refractivity contribution < 1.29 is 18.9 Å². The first-order valence-electron chi connectivity index (χ1n) is 12.6. The Hall–Kier alpha value is -3.76. The quantitative estimate of drug-likeness (QED) is 0.109. The van der Waals surface area contributed by atoms with E-state index in [1.165, 1.54) is 0 Å². The van der Waals surface area contributed by atoms with Gasteiger partial charge in [-0.3, -0.25) is 14.7 Å². The molecule has 6 N–H and O–H groups in total. The van der Waals surface area contributed by atoms with Gasteiger partial charge in [0, 0.05) is 39.8 Å². The van der Waals surface area contributed by atoms with Gasteiger partial charge in [0.25, 0.3) is 0 Å². The Morgan fingerprint density at radius 2 is 1.65 bits per heavy atom. The molecular weight excluding hydrogens is 542 g/mol. The van der Waals surface area contributed by atoms with E-state index in [4.69, 9.17) is 15.6 Å². The van der Waals surface area contributed by atoms with E-state index in [9.17, 15) is 14.1 Å².